The lowest BCUT2D eigenvalue weighted by Crippen LogP contribution is -2.61. The second-order valence-corrected chi connectivity index (χ2v) is 13.1. The van der Waals surface area contributed by atoms with E-state index in [1.54, 1.807) is 49.5 Å². The first kappa shape index (κ1) is 40.8. The molecule has 268 valence electrons. The normalized spacial score (nSPS) is 14.4. The summed E-state index contributed by atoms with van der Waals surface area (Å²) in [6, 6.07) is 10.00. The summed E-state index contributed by atoms with van der Waals surface area (Å²) in [5, 5.41) is 39.9. The van der Waals surface area contributed by atoms with E-state index in [0.29, 0.717) is 23.4 Å². The van der Waals surface area contributed by atoms with Crippen LogP contribution >= 0.6 is 0 Å². The largest absolute Gasteiger partial charge is 0.384 e. The third-order valence-electron chi connectivity index (χ3n) is 8.75. The summed E-state index contributed by atoms with van der Waals surface area (Å²) in [5.74, 6) is -1.98. The van der Waals surface area contributed by atoms with Crippen molar-refractivity contribution in [2.45, 2.75) is 147 Å². The van der Waals surface area contributed by atoms with Crippen LogP contribution in [-0.2, 0) is 9.59 Å². The Balaban J connectivity index is 1.59. The number of carbonyl (C=O) groups excluding carboxylic acids is 3. The summed E-state index contributed by atoms with van der Waals surface area (Å²) in [6.45, 7) is 5.25. The minimum Gasteiger partial charge on any atom is -0.384 e. The van der Waals surface area contributed by atoms with Crippen molar-refractivity contribution in [1.29, 1.82) is 0 Å². The van der Waals surface area contributed by atoms with Crippen LogP contribution < -0.4 is 16.0 Å². The summed E-state index contributed by atoms with van der Waals surface area (Å²) < 4.78 is 0. The van der Waals surface area contributed by atoms with Gasteiger partial charge in [-0.3, -0.25) is 19.4 Å². The fourth-order valence-electron chi connectivity index (χ4n) is 5.62. The van der Waals surface area contributed by atoms with Gasteiger partial charge in [0, 0.05) is 35.8 Å². The second-order valence-electron chi connectivity index (χ2n) is 13.1. The predicted molar refractivity (Wildman–Crippen MR) is 191 cm³/mol. The molecule has 1 aromatic carbocycles. The lowest BCUT2D eigenvalue weighted by Gasteiger charge is -2.32. The topological polar surface area (TPSA) is 161 Å². The molecule has 1 heterocycles. The van der Waals surface area contributed by atoms with Gasteiger partial charge in [-0.2, -0.15) is 0 Å². The van der Waals surface area contributed by atoms with Crippen LogP contribution in [0, 0.1) is 0 Å². The molecule has 48 heavy (non-hydrogen) atoms. The molecule has 4 atom stereocenters. The number of aliphatic hydroxyl groups excluding tert-OH is 2. The highest BCUT2D eigenvalue weighted by Gasteiger charge is 2.45. The number of carbonyl (C=O) groups is 3. The fraction of sp³-hybridized carbons (Fsp3) is 0.632. The number of aromatic nitrogens is 1. The molecule has 10 heteroatoms. The van der Waals surface area contributed by atoms with Crippen LogP contribution in [0.15, 0.2) is 48.8 Å². The Morgan fingerprint density at radius 2 is 1.23 bits per heavy atom. The van der Waals surface area contributed by atoms with Gasteiger partial charge in [0.15, 0.2) is 18.0 Å². The Morgan fingerprint density at radius 3 is 1.73 bits per heavy atom. The van der Waals surface area contributed by atoms with Gasteiger partial charge in [0.2, 0.25) is 0 Å². The SMILES string of the molecule is CCCCCCCCCCCCCCCCCCNC(=O)C(O)C(C)(O)C(O)C(=O)NC(C)Nc1ccc(C(=O)c2cccnc2)cc1. The highest BCUT2D eigenvalue weighted by atomic mass is 16.4. The number of pyridine rings is 1. The summed E-state index contributed by atoms with van der Waals surface area (Å²) in [4.78, 5) is 41.7. The van der Waals surface area contributed by atoms with Gasteiger partial charge in [-0.05, 0) is 56.7 Å². The minimum absolute atomic E-state index is 0.172. The number of nitrogens with zero attached hydrogens (tertiary/aromatic N) is 1. The summed E-state index contributed by atoms with van der Waals surface area (Å²) >= 11 is 0. The van der Waals surface area contributed by atoms with Gasteiger partial charge in [0.1, 0.15) is 5.60 Å². The lowest BCUT2D eigenvalue weighted by atomic mass is 9.91. The van der Waals surface area contributed by atoms with E-state index in [-0.39, 0.29) is 5.78 Å². The maximum Gasteiger partial charge on any atom is 0.253 e. The van der Waals surface area contributed by atoms with Gasteiger partial charge in [-0.15, -0.1) is 0 Å². The molecule has 0 aliphatic carbocycles. The van der Waals surface area contributed by atoms with E-state index in [9.17, 15) is 29.7 Å². The highest BCUT2D eigenvalue weighted by Crippen LogP contribution is 2.18. The molecule has 4 unspecified atom stereocenters. The van der Waals surface area contributed by atoms with Gasteiger partial charge in [-0.25, -0.2) is 0 Å². The van der Waals surface area contributed by atoms with Crippen molar-refractivity contribution in [2.24, 2.45) is 0 Å². The van der Waals surface area contributed by atoms with Crippen molar-refractivity contribution in [1.82, 2.24) is 15.6 Å². The Labute approximate surface area is 287 Å². The quantitative estimate of drug-likeness (QED) is 0.0402. The van der Waals surface area contributed by atoms with Gasteiger partial charge >= 0.3 is 0 Å². The summed E-state index contributed by atoms with van der Waals surface area (Å²) in [7, 11) is 0. The Morgan fingerprint density at radius 1 is 0.729 bits per heavy atom. The number of rotatable bonds is 26. The standard InChI is InChI=1S/C38H60N4O6/c1-4-5-6-7-8-9-10-11-12-13-14-15-16-17-18-19-27-40-36(46)34(44)38(3,48)35(45)37(47)42-29(2)41-32-24-22-30(23-25-32)33(43)31-21-20-26-39-28-31/h20-26,28-29,34-35,41,44-45,48H,4-19,27H2,1-3H3,(H,40,46)(H,42,47). The maximum absolute atomic E-state index is 12.7. The molecular weight excluding hydrogens is 608 g/mol. The number of aliphatic hydroxyl groups is 3. The molecule has 0 spiro atoms. The van der Waals surface area contributed by atoms with E-state index in [4.69, 9.17) is 0 Å². The molecule has 0 aliphatic rings. The average Bonchev–Trinajstić information content (AvgIpc) is 3.09. The highest BCUT2D eigenvalue weighted by molar-refractivity contribution is 6.08. The monoisotopic (exact) mass is 668 g/mol. The van der Waals surface area contributed by atoms with E-state index < -0.39 is 35.8 Å². The maximum atomic E-state index is 12.7. The lowest BCUT2D eigenvalue weighted by molar-refractivity contribution is -0.169. The predicted octanol–water partition coefficient (Wildman–Crippen LogP) is 6.04. The van der Waals surface area contributed by atoms with Crippen molar-refractivity contribution in [3.05, 3.63) is 59.9 Å². The number of hydrogen-bond donors (Lipinski definition) is 6. The van der Waals surface area contributed by atoms with Crippen molar-refractivity contribution >= 4 is 23.3 Å². The average molecular weight is 669 g/mol. The van der Waals surface area contributed by atoms with Crippen molar-refractivity contribution in [2.75, 3.05) is 11.9 Å². The molecule has 10 nitrogen and oxygen atoms in total. The van der Waals surface area contributed by atoms with Gasteiger partial charge in [0.25, 0.3) is 11.8 Å². The zero-order chi connectivity index (χ0) is 35.2. The zero-order valence-corrected chi connectivity index (χ0v) is 29.4. The number of benzene rings is 1. The Kier molecular flexibility index (Phi) is 19.6. The van der Waals surface area contributed by atoms with E-state index in [1.165, 1.54) is 83.2 Å². The molecule has 0 bridgehead atoms. The third-order valence-corrected chi connectivity index (χ3v) is 8.75. The fourth-order valence-corrected chi connectivity index (χ4v) is 5.62. The van der Waals surface area contributed by atoms with E-state index >= 15 is 0 Å². The molecule has 0 aliphatic heterocycles. The molecule has 2 aromatic rings. The molecule has 0 radical (unpaired) electrons. The summed E-state index contributed by atoms with van der Waals surface area (Å²) in [5.41, 5.74) is -0.883. The first-order valence-electron chi connectivity index (χ1n) is 18.1. The van der Waals surface area contributed by atoms with Crippen LogP contribution in [-0.4, -0.2) is 68.4 Å². The second kappa shape index (κ2) is 23.1. The first-order valence-corrected chi connectivity index (χ1v) is 18.1. The number of anilines is 1. The Hall–Kier alpha value is -3.34. The Bertz CT molecular complexity index is 1190. The first-order chi connectivity index (χ1) is 23.1. The van der Waals surface area contributed by atoms with Gasteiger partial charge in [0.05, 0.1) is 6.17 Å². The molecule has 0 fully saturated rings. The molecule has 0 saturated heterocycles. The van der Waals surface area contributed by atoms with Crippen molar-refractivity contribution < 1.29 is 29.7 Å². The molecule has 0 saturated carbocycles. The van der Waals surface area contributed by atoms with E-state index in [1.807, 2.05) is 0 Å². The number of hydrogen-bond acceptors (Lipinski definition) is 8. The van der Waals surface area contributed by atoms with Crippen LogP contribution in [0.2, 0.25) is 0 Å². The van der Waals surface area contributed by atoms with Crippen LogP contribution in [0.25, 0.3) is 0 Å². The van der Waals surface area contributed by atoms with Crippen molar-refractivity contribution in [3.8, 4) is 0 Å². The molecule has 2 rings (SSSR count). The molecule has 6 N–H and O–H groups in total. The third kappa shape index (κ3) is 15.3. The van der Waals surface area contributed by atoms with Crippen LogP contribution in [0.4, 0.5) is 5.69 Å². The van der Waals surface area contributed by atoms with Crippen molar-refractivity contribution in [3.63, 3.8) is 0 Å². The molecule has 1 aromatic heterocycles. The smallest absolute Gasteiger partial charge is 0.253 e. The van der Waals surface area contributed by atoms with Crippen LogP contribution in [0.1, 0.15) is 139 Å². The van der Waals surface area contributed by atoms with Crippen LogP contribution in [0.3, 0.4) is 0 Å². The van der Waals surface area contributed by atoms with Crippen LogP contribution in [0.5, 0.6) is 0 Å². The number of ketones is 1. The van der Waals surface area contributed by atoms with E-state index in [0.717, 1.165) is 32.6 Å². The van der Waals surface area contributed by atoms with Gasteiger partial charge < -0.3 is 31.3 Å². The number of nitrogens with one attached hydrogen (secondary N) is 3. The van der Waals surface area contributed by atoms with Gasteiger partial charge in [-0.1, -0.05) is 103 Å². The zero-order valence-electron chi connectivity index (χ0n) is 29.4. The number of unbranched alkanes of at least 4 members (excludes halogenated alkanes) is 15. The summed E-state index contributed by atoms with van der Waals surface area (Å²) in [6.07, 6.45) is 18.3. The van der Waals surface area contributed by atoms with E-state index in [2.05, 4.69) is 27.9 Å². The minimum atomic E-state index is -2.42. The molecule has 2 amide bonds. The number of amides is 2. The molecular formula is C38H60N4O6.